The fraction of sp³-hybridized carbons (Fsp3) is 0.273. The highest BCUT2D eigenvalue weighted by Crippen LogP contribution is 2.39. The topological polar surface area (TPSA) is 52.9 Å². The summed E-state index contributed by atoms with van der Waals surface area (Å²) in [7, 11) is 0. The fourth-order valence-corrected chi connectivity index (χ4v) is 3.42. The Morgan fingerprint density at radius 3 is 2.70 bits per heavy atom. The molecule has 0 atom stereocenters. The first-order valence-corrected chi connectivity index (χ1v) is 9.23. The average Bonchev–Trinajstić information content (AvgIpc) is 3.43. The van der Waals surface area contributed by atoms with Gasteiger partial charge in [0.25, 0.3) is 0 Å². The Bertz CT molecular complexity index is 1030. The van der Waals surface area contributed by atoms with Gasteiger partial charge < -0.3 is 14.3 Å². The molecule has 1 fully saturated rings. The number of oxime groups is 1. The molecule has 1 saturated carbocycles. The van der Waals surface area contributed by atoms with Gasteiger partial charge in [0, 0.05) is 29.1 Å². The third-order valence-electron chi connectivity index (χ3n) is 5.11. The van der Waals surface area contributed by atoms with Crippen LogP contribution in [0.3, 0.4) is 0 Å². The first kappa shape index (κ1) is 16.1. The molecule has 0 N–H and O–H groups in total. The van der Waals surface area contributed by atoms with Crippen molar-refractivity contribution in [3.63, 3.8) is 0 Å². The summed E-state index contributed by atoms with van der Waals surface area (Å²) in [5.41, 5.74) is 5.21. The molecule has 0 saturated heterocycles. The molecule has 0 bridgehead atoms. The maximum Gasteiger partial charge on any atom is 0.231 e. The third kappa shape index (κ3) is 3.10. The SMILES string of the molecule is Cc1c(C(=NOCc2ccccc2)C2CC2)cnc2cc3c(cc12)OCO3. The lowest BCUT2D eigenvalue weighted by Crippen LogP contribution is -2.08. The molecule has 1 aliphatic carbocycles. The number of hydrogen-bond acceptors (Lipinski definition) is 5. The van der Waals surface area contributed by atoms with Crippen LogP contribution in [0, 0.1) is 12.8 Å². The number of rotatable bonds is 5. The van der Waals surface area contributed by atoms with Gasteiger partial charge in [0.15, 0.2) is 11.5 Å². The van der Waals surface area contributed by atoms with Gasteiger partial charge >= 0.3 is 0 Å². The Kier molecular flexibility index (Phi) is 3.93. The van der Waals surface area contributed by atoms with Crippen LogP contribution < -0.4 is 9.47 Å². The lowest BCUT2D eigenvalue weighted by molar-refractivity contribution is 0.130. The molecule has 5 heteroatoms. The van der Waals surface area contributed by atoms with E-state index >= 15 is 0 Å². The Labute approximate surface area is 157 Å². The summed E-state index contributed by atoms with van der Waals surface area (Å²) in [6, 6.07) is 14.0. The van der Waals surface area contributed by atoms with Gasteiger partial charge in [-0.15, -0.1) is 0 Å². The Morgan fingerprint density at radius 2 is 1.93 bits per heavy atom. The van der Waals surface area contributed by atoms with Crippen LogP contribution in [0.15, 0.2) is 53.8 Å². The first-order chi connectivity index (χ1) is 13.3. The van der Waals surface area contributed by atoms with Gasteiger partial charge in [0.2, 0.25) is 6.79 Å². The molecule has 0 spiro atoms. The van der Waals surface area contributed by atoms with Crippen LogP contribution in [0.1, 0.15) is 29.5 Å². The molecular weight excluding hydrogens is 340 g/mol. The summed E-state index contributed by atoms with van der Waals surface area (Å²) in [5.74, 6) is 1.98. The van der Waals surface area contributed by atoms with E-state index in [1.54, 1.807) is 0 Å². The molecule has 1 aromatic heterocycles. The summed E-state index contributed by atoms with van der Waals surface area (Å²) in [5, 5.41) is 5.58. The summed E-state index contributed by atoms with van der Waals surface area (Å²) < 4.78 is 11.0. The van der Waals surface area contributed by atoms with Gasteiger partial charge in [-0.3, -0.25) is 4.98 Å². The van der Waals surface area contributed by atoms with Crippen LogP contribution in [0.4, 0.5) is 0 Å². The largest absolute Gasteiger partial charge is 0.454 e. The molecule has 0 unspecified atom stereocenters. The Hall–Kier alpha value is -3.08. The number of fused-ring (bicyclic) bond motifs is 2. The molecule has 5 rings (SSSR count). The zero-order valence-corrected chi connectivity index (χ0v) is 15.1. The molecule has 2 aliphatic rings. The minimum Gasteiger partial charge on any atom is -0.454 e. The number of ether oxygens (including phenoxy) is 2. The monoisotopic (exact) mass is 360 g/mol. The predicted octanol–water partition coefficient (Wildman–Crippen LogP) is 4.60. The van der Waals surface area contributed by atoms with Crippen LogP contribution in [-0.4, -0.2) is 17.5 Å². The van der Waals surface area contributed by atoms with Gasteiger partial charge in [0.05, 0.1) is 11.2 Å². The first-order valence-electron chi connectivity index (χ1n) is 9.23. The van der Waals surface area contributed by atoms with Crippen LogP contribution in [0.5, 0.6) is 11.5 Å². The molecule has 5 nitrogen and oxygen atoms in total. The van der Waals surface area contributed by atoms with Crippen molar-refractivity contribution in [1.29, 1.82) is 0 Å². The highest BCUT2D eigenvalue weighted by molar-refractivity contribution is 6.07. The second-order valence-corrected chi connectivity index (χ2v) is 7.03. The molecular formula is C22H20N2O3. The normalized spacial score (nSPS) is 16.0. The molecule has 0 radical (unpaired) electrons. The second kappa shape index (κ2) is 6.58. The van der Waals surface area contributed by atoms with E-state index in [2.05, 4.69) is 17.1 Å². The van der Waals surface area contributed by atoms with Gasteiger partial charge in [0.1, 0.15) is 6.61 Å². The van der Waals surface area contributed by atoms with E-state index in [0.717, 1.165) is 57.6 Å². The smallest absolute Gasteiger partial charge is 0.231 e. The van der Waals surface area contributed by atoms with E-state index in [1.165, 1.54) is 0 Å². The maximum absolute atomic E-state index is 5.69. The highest BCUT2D eigenvalue weighted by Gasteiger charge is 2.31. The quantitative estimate of drug-likeness (QED) is 0.493. The summed E-state index contributed by atoms with van der Waals surface area (Å²) in [6.07, 6.45) is 4.20. The summed E-state index contributed by atoms with van der Waals surface area (Å²) in [4.78, 5) is 10.3. The number of benzene rings is 2. The maximum atomic E-state index is 5.69. The van der Waals surface area contributed by atoms with Crippen molar-refractivity contribution in [2.24, 2.45) is 11.1 Å². The molecule has 2 heterocycles. The number of aryl methyl sites for hydroxylation is 1. The van der Waals surface area contributed by atoms with E-state index in [9.17, 15) is 0 Å². The highest BCUT2D eigenvalue weighted by atomic mass is 16.7. The zero-order chi connectivity index (χ0) is 18.2. The van der Waals surface area contributed by atoms with Gasteiger partial charge in [-0.1, -0.05) is 35.5 Å². The van der Waals surface area contributed by atoms with Crippen LogP contribution in [0.2, 0.25) is 0 Å². The van der Waals surface area contributed by atoms with Crippen molar-refractivity contribution >= 4 is 16.6 Å². The van der Waals surface area contributed by atoms with Crippen molar-refractivity contribution in [1.82, 2.24) is 4.98 Å². The van der Waals surface area contributed by atoms with Gasteiger partial charge in [-0.2, -0.15) is 0 Å². The molecule has 3 aromatic rings. The number of aromatic nitrogens is 1. The van der Waals surface area contributed by atoms with Crippen LogP contribution in [-0.2, 0) is 11.4 Å². The minimum absolute atomic E-state index is 0.264. The lowest BCUT2D eigenvalue weighted by atomic mass is 9.99. The molecule has 1 aliphatic heterocycles. The van der Waals surface area contributed by atoms with E-state index in [4.69, 9.17) is 14.3 Å². The van der Waals surface area contributed by atoms with Crippen molar-refractivity contribution in [2.75, 3.05) is 6.79 Å². The van der Waals surface area contributed by atoms with Crippen molar-refractivity contribution in [3.05, 3.63) is 65.4 Å². The Balaban J connectivity index is 1.48. The second-order valence-electron chi connectivity index (χ2n) is 7.03. The molecule has 0 amide bonds. The zero-order valence-electron chi connectivity index (χ0n) is 15.1. The summed E-state index contributed by atoms with van der Waals surface area (Å²) in [6.45, 7) is 2.84. The number of hydrogen-bond donors (Lipinski definition) is 0. The van der Waals surface area contributed by atoms with E-state index in [-0.39, 0.29) is 6.79 Å². The van der Waals surface area contributed by atoms with E-state index in [0.29, 0.717) is 12.5 Å². The lowest BCUT2D eigenvalue weighted by Gasteiger charge is -2.12. The van der Waals surface area contributed by atoms with Crippen molar-refractivity contribution in [2.45, 2.75) is 26.4 Å². The van der Waals surface area contributed by atoms with Gasteiger partial charge in [-0.25, -0.2) is 0 Å². The van der Waals surface area contributed by atoms with Crippen LogP contribution in [0.25, 0.3) is 10.9 Å². The standard InChI is InChI=1S/C22H20N2O3/c1-14-17-9-20-21(26-13-25-20)10-19(17)23-11-18(14)22(16-7-8-16)24-27-12-15-5-3-2-4-6-15/h2-6,9-11,16H,7-8,12-13H2,1H3. The number of nitrogens with zero attached hydrogens (tertiary/aromatic N) is 2. The Morgan fingerprint density at radius 1 is 1.15 bits per heavy atom. The van der Waals surface area contributed by atoms with Crippen molar-refractivity contribution in [3.8, 4) is 11.5 Å². The summed E-state index contributed by atoms with van der Waals surface area (Å²) >= 11 is 0. The molecule has 2 aromatic carbocycles. The van der Waals surface area contributed by atoms with E-state index < -0.39 is 0 Å². The third-order valence-corrected chi connectivity index (χ3v) is 5.11. The average molecular weight is 360 g/mol. The fourth-order valence-electron chi connectivity index (χ4n) is 3.42. The molecule has 136 valence electrons. The van der Waals surface area contributed by atoms with Crippen molar-refractivity contribution < 1.29 is 14.3 Å². The minimum atomic E-state index is 0.264. The number of pyridine rings is 1. The van der Waals surface area contributed by atoms with E-state index in [1.807, 2.05) is 48.7 Å². The van der Waals surface area contributed by atoms with Gasteiger partial charge in [-0.05, 0) is 37.0 Å². The van der Waals surface area contributed by atoms with Crippen LogP contribution >= 0.6 is 0 Å². The molecule has 27 heavy (non-hydrogen) atoms. The predicted molar refractivity (Wildman–Crippen MR) is 103 cm³/mol.